The Bertz CT molecular complexity index is 264. The predicted molar refractivity (Wildman–Crippen MR) is 85.1 cm³/mol. The van der Waals surface area contributed by atoms with Gasteiger partial charge in [-0.2, -0.15) is 0 Å². The van der Waals surface area contributed by atoms with Crippen LogP contribution in [-0.2, 0) is 4.74 Å². The van der Waals surface area contributed by atoms with Crippen molar-refractivity contribution < 1.29 is 4.74 Å². The summed E-state index contributed by atoms with van der Waals surface area (Å²) in [5.74, 6) is 0.719. The molecule has 2 aliphatic rings. The Kier molecular flexibility index (Phi) is 6.79. The molecule has 0 radical (unpaired) electrons. The highest BCUT2D eigenvalue weighted by Gasteiger charge is 2.29. The van der Waals surface area contributed by atoms with Gasteiger partial charge in [-0.1, -0.05) is 40.0 Å². The summed E-state index contributed by atoms with van der Waals surface area (Å²) in [4.78, 5) is 2.68. The van der Waals surface area contributed by atoms with Gasteiger partial charge in [-0.25, -0.2) is 0 Å². The molecule has 0 aromatic heterocycles. The Labute approximate surface area is 125 Å². The van der Waals surface area contributed by atoms with Crippen LogP contribution in [0.25, 0.3) is 0 Å². The maximum absolute atomic E-state index is 6.07. The minimum absolute atomic E-state index is 0.557. The van der Waals surface area contributed by atoms with Crippen LogP contribution in [0.5, 0.6) is 0 Å². The molecule has 1 heterocycles. The molecule has 3 heteroatoms. The van der Waals surface area contributed by atoms with Crippen molar-refractivity contribution in [3.05, 3.63) is 0 Å². The van der Waals surface area contributed by atoms with E-state index < -0.39 is 0 Å². The summed E-state index contributed by atoms with van der Waals surface area (Å²) in [5.41, 5.74) is 0. The highest BCUT2D eigenvalue weighted by atomic mass is 16.5. The summed E-state index contributed by atoms with van der Waals surface area (Å²) in [5, 5.41) is 3.73. The van der Waals surface area contributed by atoms with E-state index in [0.29, 0.717) is 18.2 Å². The van der Waals surface area contributed by atoms with Crippen LogP contribution in [0.1, 0.15) is 59.3 Å². The average Bonchev–Trinajstić information content (AvgIpc) is 2.92. The molecule has 0 amide bonds. The third kappa shape index (κ3) is 4.71. The van der Waals surface area contributed by atoms with Crippen molar-refractivity contribution in [2.45, 2.75) is 77.5 Å². The van der Waals surface area contributed by atoms with Gasteiger partial charge in [0.25, 0.3) is 0 Å². The Hall–Kier alpha value is -0.120. The molecule has 1 aliphatic carbocycles. The topological polar surface area (TPSA) is 24.5 Å². The van der Waals surface area contributed by atoms with E-state index in [-0.39, 0.29) is 0 Å². The fraction of sp³-hybridized carbons (Fsp3) is 1.00. The average molecular weight is 282 g/mol. The molecular weight excluding hydrogens is 248 g/mol. The summed E-state index contributed by atoms with van der Waals surface area (Å²) < 4.78 is 6.07. The number of ether oxygens (including phenoxy) is 1. The Morgan fingerprint density at radius 2 is 2.00 bits per heavy atom. The largest absolute Gasteiger partial charge is 0.377 e. The first-order valence-corrected chi connectivity index (χ1v) is 8.79. The summed E-state index contributed by atoms with van der Waals surface area (Å²) in [6.45, 7) is 11.4. The van der Waals surface area contributed by atoms with E-state index >= 15 is 0 Å². The molecule has 2 rings (SSSR count). The molecule has 118 valence electrons. The van der Waals surface area contributed by atoms with Gasteiger partial charge in [-0.3, -0.25) is 4.90 Å². The van der Waals surface area contributed by atoms with Crippen LogP contribution in [0, 0.1) is 5.92 Å². The Morgan fingerprint density at radius 1 is 1.25 bits per heavy atom. The molecule has 20 heavy (non-hydrogen) atoms. The number of rotatable bonds is 7. The van der Waals surface area contributed by atoms with Crippen molar-refractivity contribution in [3.63, 3.8) is 0 Å². The van der Waals surface area contributed by atoms with Crippen molar-refractivity contribution >= 4 is 0 Å². The fourth-order valence-electron chi connectivity index (χ4n) is 3.75. The third-order valence-corrected chi connectivity index (χ3v) is 4.98. The molecule has 0 spiro atoms. The van der Waals surface area contributed by atoms with Gasteiger partial charge in [0.1, 0.15) is 0 Å². The van der Waals surface area contributed by atoms with Gasteiger partial charge < -0.3 is 10.1 Å². The van der Waals surface area contributed by atoms with Crippen LogP contribution in [0.3, 0.4) is 0 Å². The van der Waals surface area contributed by atoms with E-state index in [0.717, 1.165) is 25.6 Å². The van der Waals surface area contributed by atoms with Crippen molar-refractivity contribution in [3.8, 4) is 0 Å². The SMILES string of the molecule is CCCC1CN(CCOC2CCCC2)C(C(C)C)CN1. The molecular formula is C17H34N2O. The molecule has 3 nitrogen and oxygen atoms in total. The van der Waals surface area contributed by atoms with E-state index in [9.17, 15) is 0 Å². The quantitative estimate of drug-likeness (QED) is 0.777. The van der Waals surface area contributed by atoms with E-state index in [1.165, 1.54) is 45.1 Å². The van der Waals surface area contributed by atoms with Crippen LogP contribution in [-0.4, -0.2) is 49.3 Å². The smallest absolute Gasteiger partial charge is 0.0597 e. The molecule has 1 aliphatic heterocycles. The molecule has 2 fully saturated rings. The minimum Gasteiger partial charge on any atom is -0.377 e. The number of piperazine rings is 1. The lowest BCUT2D eigenvalue weighted by Gasteiger charge is -2.42. The van der Waals surface area contributed by atoms with Gasteiger partial charge >= 0.3 is 0 Å². The standard InChI is InChI=1S/C17H34N2O/c1-4-7-15-13-19(17(12-18-15)14(2)3)10-11-20-16-8-5-6-9-16/h14-18H,4-13H2,1-3H3. The lowest BCUT2D eigenvalue weighted by atomic mass is 9.97. The zero-order valence-corrected chi connectivity index (χ0v) is 13.7. The van der Waals surface area contributed by atoms with E-state index in [4.69, 9.17) is 4.74 Å². The first-order chi connectivity index (χ1) is 9.70. The number of hydrogen-bond acceptors (Lipinski definition) is 3. The summed E-state index contributed by atoms with van der Waals surface area (Å²) >= 11 is 0. The van der Waals surface area contributed by atoms with E-state index in [1.54, 1.807) is 0 Å². The van der Waals surface area contributed by atoms with Crippen LogP contribution in [0.15, 0.2) is 0 Å². The molecule has 1 N–H and O–H groups in total. The van der Waals surface area contributed by atoms with Crippen molar-refractivity contribution in [2.75, 3.05) is 26.2 Å². The lowest BCUT2D eigenvalue weighted by Crippen LogP contribution is -2.58. The van der Waals surface area contributed by atoms with Crippen molar-refractivity contribution in [2.24, 2.45) is 5.92 Å². The fourth-order valence-corrected chi connectivity index (χ4v) is 3.75. The molecule has 1 saturated carbocycles. The van der Waals surface area contributed by atoms with Gasteiger partial charge in [-0.15, -0.1) is 0 Å². The second kappa shape index (κ2) is 8.35. The summed E-state index contributed by atoms with van der Waals surface area (Å²) in [6.07, 6.45) is 8.43. The molecule has 0 aromatic carbocycles. The van der Waals surface area contributed by atoms with Gasteiger partial charge in [0, 0.05) is 31.7 Å². The Balaban J connectivity index is 1.76. The monoisotopic (exact) mass is 282 g/mol. The van der Waals surface area contributed by atoms with Crippen LogP contribution in [0.4, 0.5) is 0 Å². The van der Waals surface area contributed by atoms with E-state index in [1.807, 2.05) is 0 Å². The van der Waals surface area contributed by atoms with Crippen LogP contribution >= 0.6 is 0 Å². The highest BCUT2D eigenvalue weighted by Crippen LogP contribution is 2.21. The minimum atomic E-state index is 0.557. The van der Waals surface area contributed by atoms with Gasteiger partial charge in [-0.05, 0) is 25.2 Å². The van der Waals surface area contributed by atoms with Crippen molar-refractivity contribution in [1.29, 1.82) is 0 Å². The molecule has 1 saturated heterocycles. The normalized spacial score (nSPS) is 29.4. The van der Waals surface area contributed by atoms with Crippen LogP contribution < -0.4 is 5.32 Å². The van der Waals surface area contributed by atoms with Gasteiger partial charge in [0.05, 0.1) is 12.7 Å². The highest BCUT2D eigenvalue weighted by molar-refractivity contribution is 4.87. The van der Waals surface area contributed by atoms with Gasteiger partial charge in [0.15, 0.2) is 0 Å². The second-order valence-corrected chi connectivity index (χ2v) is 6.98. The van der Waals surface area contributed by atoms with E-state index in [2.05, 4.69) is 31.0 Å². The summed E-state index contributed by atoms with van der Waals surface area (Å²) in [7, 11) is 0. The van der Waals surface area contributed by atoms with Crippen molar-refractivity contribution in [1.82, 2.24) is 10.2 Å². The van der Waals surface area contributed by atoms with Gasteiger partial charge in [0.2, 0.25) is 0 Å². The number of hydrogen-bond donors (Lipinski definition) is 1. The number of nitrogens with one attached hydrogen (secondary N) is 1. The molecule has 0 aromatic rings. The Morgan fingerprint density at radius 3 is 2.65 bits per heavy atom. The molecule has 0 bridgehead atoms. The summed E-state index contributed by atoms with van der Waals surface area (Å²) in [6, 6.07) is 1.36. The molecule has 2 atom stereocenters. The predicted octanol–water partition coefficient (Wildman–Crippen LogP) is 3.04. The number of nitrogens with zero attached hydrogens (tertiary/aromatic N) is 1. The zero-order chi connectivity index (χ0) is 14.4. The zero-order valence-electron chi connectivity index (χ0n) is 13.7. The second-order valence-electron chi connectivity index (χ2n) is 6.98. The lowest BCUT2D eigenvalue weighted by molar-refractivity contribution is 0.0157. The molecule has 2 unspecified atom stereocenters. The maximum Gasteiger partial charge on any atom is 0.0597 e. The van der Waals surface area contributed by atoms with Crippen LogP contribution in [0.2, 0.25) is 0 Å². The first kappa shape index (κ1) is 16.3. The maximum atomic E-state index is 6.07. The third-order valence-electron chi connectivity index (χ3n) is 4.98. The first-order valence-electron chi connectivity index (χ1n) is 8.79.